The van der Waals surface area contributed by atoms with Gasteiger partial charge in [0.25, 0.3) is 0 Å². The maximum Gasteiger partial charge on any atom is 0.193 e. The van der Waals surface area contributed by atoms with Crippen molar-refractivity contribution in [3.05, 3.63) is 58.1 Å². The Morgan fingerprint density at radius 2 is 1.96 bits per heavy atom. The zero-order valence-electron chi connectivity index (χ0n) is 16.7. The minimum atomic E-state index is 0. The molecule has 5 nitrogen and oxygen atoms in total. The van der Waals surface area contributed by atoms with Crippen molar-refractivity contribution in [2.24, 2.45) is 4.99 Å². The van der Waals surface area contributed by atoms with Gasteiger partial charge in [-0.25, -0.2) is 4.98 Å². The monoisotopic (exact) mass is 511 g/mol. The first kappa shape index (κ1) is 22.8. The van der Waals surface area contributed by atoms with Gasteiger partial charge < -0.3 is 10.2 Å². The summed E-state index contributed by atoms with van der Waals surface area (Å²) in [5, 5.41) is 6.76. The average Bonchev–Trinajstić information content (AvgIpc) is 3.12. The number of rotatable bonds is 6. The lowest BCUT2D eigenvalue weighted by Crippen LogP contribution is -2.52. The molecule has 0 amide bonds. The summed E-state index contributed by atoms with van der Waals surface area (Å²) in [6.07, 6.45) is 5.40. The van der Waals surface area contributed by atoms with Crippen LogP contribution < -0.4 is 5.32 Å². The van der Waals surface area contributed by atoms with Crippen LogP contribution in [-0.4, -0.2) is 67.1 Å². The number of benzene rings is 1. The molecule has 1 aromatic heterocycles. The number of hydrogen-bond donors (Lipinski definition) is 1. The maximum atomic E-state index is 4.52. The molecular formula is C21H30IN5S. The van der Waals surface area contributed by atoms with Gasteiger partial charge in [0, 0.05) is 58.1 Å². The smallest absolute Gasteiger partial charge is 0.193 e. The van der Waals surface area contributed by atoms with E-state index in [1.807, 2.05) is 7.05 Å². The lowest BCUT2D eigenvalue weighted by Gasteiger charge is -2.36. The third-order valence-corrected chi connectivity index (χ3v) is 5.51. The second-order valence-electron chi connectivity index (χ2n) is 6.68. The molecule has 1 N–H and O–H groups in total. The summed E-state index contributed by atoms with van der Waals surface area (Å²) in [5.41, 5.74) is 2.42. The van der Waals surface area contributed by atoms with E-state index < -0.39 is 0 Å². The van der Waals surface area contributed by atoms with Gasteiger partial charge in [0.2, 0.25) is 0 Å². The molecule has 0 aliphatic carbocycles. The van der Waals surface area contributed by atoms with Crippen molar-refractivity contribution in [2.75, 3.05) is 46.3 Å². The number of aromatic nitrogens is 1. The molecular weight excluding hydrogens is 481 g/mol. The normalized spacial score (nSPS) is 15.6. The summed E-state index contributed by atoms with van der Waals surface area (Å²) in [4.78, 5) is 13.8. The standard InChI is InChI=1S/C21H29N5S.HI/c1-18-24-20(17-27-18)10-11-23-21(22-2)26-15-13-25(14-16-26)12-6-9-19-7-4-3-5-8-19;/h3-9,17H,10-16H2,1-2H3,(H,22,23);1H/b9-6+;. The molecule has 7 heteroatoms. The van der Waals surface area contributed by atoms with E-state index >= 15 is 0 Å². The van der Waals surface area contributed by atoms with Crippen LogP contribution in [0.15, 0.2) is 46.8 Å². The van der Waals surface area contributed by atoms with Gasteiger partial charge in [-0.15, -0.1) is 35.3 Å². The highest BCUT2D eigenvalue weighted by atomic mass is 127. The second kappa shape index (κ2) is 12.2. The molecule has 2 heterocycles. The van der Waals surface area contributed by atoms with Crippen molar-refractivity contribution >= 4 is 47.3 Å². The molecule has 0 spiro atoms. The molecule has 0 saturated carbocycles. The Bertz CT molecular complexity index is 751. The van der Waals surface area contributed by atoms with Gasteiger partial charge in [-0.2, -0.15) is 0 Å². The Balaban J connectivity index is 0.00000280. The lowest BCUT2D eigenvalue weighted by molar-refractivity contribution is 0.194. The minimum Gasteiger partial charge on any atom is -0.356 e. The third kappa shape index (κ3) is 7.18. The van der Waals surface area contributed by atoms with Crippen LogP contribution in [0.4, 0.5) is 0 Å². The number of thiazole rings is 1. The van der Waals surface area contributed by atoms with Gasteiger partial charge in [-0.1, -0.05) is 42.5 Å². The fraction of sp³-hybridized carbons (Fsp3) is 0.429. The maximum absolute atomic E-state index is 4.52. The molecule has 1 aromatic carbocycles. The predicted molar refractivity (Wildman–Crippen MR) is 131 cm³/mol. The molecule has 1 aliphatic heterocycles. The van der Waals surface area contributed by atoms with Gasteiger partial charge in [-0.05, 0) is 12.5 Å². The Hall–Kier alpha value is -1.45. The van der Waals surface area contributed by atoms with Crippen molar-refractivity contribution in [2.45, 2.75) is 13.3 Å². The zero-order chi connectivity index (χ0) is 18.9. The first-order valence-corrected chi connectivity index (χ1v) is 10.4. The van der Waals surface area contributed by atoms with Crippen molar-refractivity contribution in [1.29, 1.82) is 0 Å². The van der Waals surface area contributed by atoms with E-state index in [0.29, 0.717) is 0 Å². The van der Waals surface area contributed by atoms with Gasteiger partial charge in [0.15, 0.2) is 5.96 Å². The van der Waals surface area contributed by atoms with Crippen molar-refractivity contribution < 1.29 is 0 Å². The molecule has 1 fully saturated rings. The van der Waals surface area contributed by atoms with E-state index in [9.17, 15) is 0 Å². The summed E-state index contributed by atoms with van der Waals surface area (Å²) in [6, 6.07) is 10.5. The van der Waals surface area contributed by atoms with Crippen molar-refractivity contribution in [3.8, 4) is 0 Å². The summed E-state index contributed by atoms with van der Waals surface area (Å²) >= 11 is 1.71. The largest absolute Gasteiger partial charge is 0.356 e. The van der Waals surface area contributed by atoms with Crippen LogP contribution in [0, 0.1) is 6.92 Å². The number of nitrogens with one attached hydrogen (secondary N) is 1. The summed E-state index contributed by atoms with van der Waals surface area (Å²) in [6.45, 7) is 8.06. The number of nitrogens with zero attached hydrogens (tertiary/aromatic N) is 4. The van der Waals surface area contributed by atoms with Crippen LogP contribution in [0.3, 0.4) is 0 Å². The molecule has 0 bridgehead atoms. The predicted octanol–water partition coefficient (Wildman–Crippen LogP) is 3.52. The Kier molecular flexibility index (Phi) is 9.94. The molecule has 1 saturated heterocycles. The van der Waals surface area contributed by atoms with Crippen LogP contribution in [0.5, 0.6) is 0 Å². The van der Waals surface area contributed by atoms with E-state index in [4.69, 9.17) is 0 Å². The molecule has 1 aliphatic rings. The van der Waals surface area contributed by atoms with Gasteiger partial charge >= 0.3 is 0 Å². The summed E-state index contributed by atoms with van der Waals surface area (Å²) in [5.74, 6) is 1.00. The van der Waals surface area contributed by atoms with Crippen LogP contribution in [-0.2, 0) is 6.42 Å². The first-order chi connectivity index (χ1) is 13.2. The fourth-order valence-electron chi connectivity index (χ4n) is 3.20. The summed E-state index contributed by atoms with van der Waals surface area (Å²) in [7, 11) is 1.87. The molecule has 0 unspecified atom stereocenters. The molecule has 3 rings (SSSR count). The highest BCUT2D eigenvalue weighted by Crippen LogP contribution is 2.08. The van der Waals surface area contributed by atoms with Gasteiger partial charge in [0.1, 0.15) is 0 Å². The van der Waals surface area contributed by atoms with E-state index in [1.54, 1.807) is 11.3 Å². The summed E-state index contributed by atoms with van der Waals surface area (Å²) < 4.78 is 0. The zero-order valence-corrected chi connectivity index (χ0v) is 19.8. The Labute approximate surface area is 189 Å². The number of guanidine groups is 1. The highest BCUT2D eigenvalue weighted by molar-refractivity contribution is 14.0. The van der Waals surface area contributed by atoms with E-state index in [1.165, 1.54) is 5.56 Å². The topological polar surface area (TPSA) is 43.8 Å². The Morgan fingerprint density at radius 1 is 1.21 bits per heavy atom. The number of aryl methyl sites for hydroxylation is 1. The highest BCUT2D eigenvalue weighted by Gasteiger charge is 2.18. The lowest BCUT2D eigenvalue weighted by atomic mass is 10.2. The first-order valence-electron chi connectivity index (χ1n) is 9.55. The molecule has 28 heavy (non-hydrogen) atoms. The number of aliphatic imine (C=N–C) groups is 1. The van der Waals surface area contributed by atoms with Crippen LogP contribution >= 0.6 is 35.3 Å². The van der Waals surface area contributed by atoms with Crippen LogP contribution in [0.25, 0.3) is 6.08 Å². The van der Waals surface area contributed by atoms with Crippen LogP contribution in [0.1, 0.15) is 16.3 Å². The third-order valence-electron chi connectivity index (χ3n) is 4.69. The quantitative estimate of drug-likeness (QED) is 0.366. The van der Waals surface area contributed by atoms with Crippen molar-refractivity contribution in [1.82, 2.24) is 20.1 Å². The molecule has 0 atom stereocenters. The van der Waals surface area contributed by atoms with E-state index in [-0.39, 0.29) is 24.0 Å². The van der Waals surface area contributed by atoms with E-state index in [2.05, 4.69) is 79.9 Å². The molecule has 0 radical (unpaired) electrons. The number of piperazine rings is 1. The average molecular weight is 511 g/mol. The number of hydrogen-bond acceptors (Lipinski definition) is 4. The van der Waals surface area contributed by atoms with Gasteiger partial charge in [0.05, 0.1) is 10.7 Å². The molecule has 2 aromatic rings. The Morgan fingerprint density at radius 3 is 2.61 bits per heavy atom. The van der Waals surface area contributed by atoms with Crippen molar-refractivity contribution in [3.63, 3.8) is 0 Å². The second-order valence-corrected chi connectivity index (χ2v) is 7.74. The fourth-order valence-corrected chi connectivity index (χ4v) is 3.85. The number of halogens is 1. The SMILES string of the molecule is CN=C(NCCc1csc(C)n1)N1CCN(C/C=C/c2ccccc2)CC1.I. The van der Waals surface area contributed by atoms with E-state index in [0.717, 1.165) is 62.4 Å². The minimum absolute atomic E-state index is 0. The molecule has 152 valence electrons. The van der Waals surface area contributed by atoms with Gasteiger partial charge in [-0.3, -0.25) is 9.89 Å². The van der Waals surface area contributed by atoms with Crippen LogP contribution in [0.2, 0.25) is 0 Å².